The van der Waals surface area contributed by atoms with Crippen molar-refractivity contribution < 1.29 is 0 Å². The summed E-state index contributed by atoms with van der Waals surface area (Å²) >= 11 is 0. The minimum absolute atomic E-state index is 0.536. The Morgan fingerprint density at radius 3 is 2.58 bits per heavy atom. The summed E-state index contributed by atoms with van der Waals surface area (Å²) < 4.78 is 2.13. The first-order chi connectivity index (χ1) is 9.18. The first kappa shape index (κ1) is 13.7. The standard InChI is InChI=1S/C15H22N4/c1-12(2)16-11-7-10-15-18-17-13(3)19(15)14-8-5-4-6-9-14/h4-6,8-9,12,16H,7,10-11H2,1-3H3. The van der Waals surface area contributed by atoms with Crippen molar-refractivity contribution in [2.24, 2.45) is 0 Å². The smallest absolute Gasteiger partial charge is 0.137 e. The van der Waals surface area contributed by atoms with Gasteiger partial charge in [-0.15, -0.1) is 10.2 Å². The Labute approximate surface area is 114 Å². The molecule has 1 heterocycles. The first-order valence-corrected chi connectivity index (χ1v) is 6.88. The number of aromatic nitrogens is 3. The molecule has 1 aromatic heterocycles. The van der Waals surface area contributed by atoms with Crippen molar-refractivity contribution in [3.05, 3.63) is 42.0 Å². The zero-order chi connectivity index (χ0) is 13.7. The van der Waals surface area contributed by atoms with E-state index in [2.05, 4.69) is 46.1 Å². The summed E-state index contributed by atoms with van der Waals surface area (Å²) in [6.45, 7) is 7.33. The number of nitrogens with zero attached hydrogens (tertiary/aromatic N) is 3. The minimum atomic E-state index is 0.536. The summed E-state index contributed by atoms with van der Waals surface area (Å²) in [5.74, 6) is 1.98. The van der Waals surface area contributed by atoms with Crippen molar-refractivity contribution in [1.82, 2.24) is 20.1 Å². The van der Waals surface area contributed by atoms with Crippen LogP contribution in [-0.2, 0) is 6.42 Å². The monoisotopic (exact) mass is 258 g/mol. The molecule has 0 amide bonds. The van der Waals surface area contributed by atoms with Gasteiger partial charge in [0.2, 0.25) is 0 Å². The highest BCUT2D eigenvalue weighted by molar-refractivity contribution is 5.33. The van der Waals surface area contributed by atoms with Gasteiger partial charge in [-0.05, 0) is 32.0 Å². The van der Waals surface area contributed by atoms with Crippen LogP contribution in [0.2, 0.25) is 0 Å². The lowest BCUT2D eigenvalue weighted by molar-refractivity contribution is 0.564. The van der Waals surface area contributed by atoms with Gasteiger partial charge in [0.05, 0.1) is 0 Å². The van der Waals surface area contributed by atoms with Crippen molar-refractivity contribution in [3.8, 4) is 5.69 Å². The molecule has 0 bridgehead atoms. The second-order valence-corrected chi connectivity index (χ2v) is 5.05. The predicted molar refractivity (Wildman–Crippen MR) is 77.6 cm³/mol. The van der Waals surface area contributed by atoms with Gasteiger partial charge in [0.25, 0.3) is 0 Å². The van der Waals surface area contributed by atoms with Gasteiger partial charge >= 0.3 is 0 Å². The molecule has 1 N–H and O–H groups in total. The number of nitrogens with one attached hydrogen (secondary N) is 1. The summed E-state index contributed by atoms with van der Waals surface area (Å²) in [4.78, 5) is 0. The molecular weight excluding hydrogens is 236 g/mol. The van der Waals surface area contributed by atoms with Gasteiger partial charge in [0.15, 0.2) is 0 Å². The molecule has 2 aromatic rings. The zero-order valence-corrected chi connectivity index (χ0v) is 11.9. The van der Waals surface area contributed by atoms with Crippen LogP contribution in [0, 0.1) is 6.92 Å². The fourth-order valence-corrected chi connectivity index (χ4v) is 2.12. The zero-order valence-electron chi connectivity index (χ0n) is 11.9. The van der Waals surface area contributed by atoms with Crippen LogP contribution in [0.5, 0.6) is 0 Å². The molecule has 4 heteroatoms. The highest BCUT2D eigenvalue weighted by atomic mass is 15.3. The number of para-hydroxylation sites is 1. The van der Waals surface area contributed by atoms with Crippen molar-refractivity contribution in [2.45, 2.75) is 39.7 Å². The highest BCUT2D eigenvalue weighted by Gasteiger charge is 2.09. The molecule has 1 aromatic carbocycles. The van der Waals surface area contributed by atoms with E-state index in [9.17, 15) is 0 Å². The normalized spacial score (nSPS) is 11.2. The van der Waals surface area contributed by atoms with E-state index in [-0.39, 0.29) is 0 Å². The van der Waals surface area contributed by atoms with Crippen molar-refractivity contribution in [1.29, 1.82) is 0 Å². The molecule has 0 aliphatic rings. The van der Waals surface area contributed by atoms with Gasteiger partial charge in [0.1, 0.15) is 11.6 Å². The van der Waals surface area contributed by atoms with Crippen LogP contribution in [0.1, 0.15) is 31.9 Å². The predicted octanol–water partition coefficient (Wildman–Crippen LogP) is 2.51. The van der Waals surface area contributed by atoms with E-state index >= 15 is 0 Å². The molecule has 19 heavy (non-hydrogen) atoms. The summed E-state index contributed by atoms with van der Waals surface area (Å²) in [7, 11) is 0. The maximum absolute atomic E-state index is 4.29. The number of hydrogen-bond donors (Lipinski definition) is 1. The second-order valence-electron chi connectivity index (χ2n) is 5.05. The highest BCUT2D eigenvalue weighted by Crippen LogP contribution is 2.13. The molecule has 0 aliphatic heterocycles. The Balaban J connectivity index is 2.06. The fraction of sp³-hybridized carbons (Fsp3) is 0.467. The molecule has 4 nitrogen and oxygen atoms in total. The quantitative estimate of drug-likeness (QED) is 0.810. The molecule has 0 atom stereocenters. The molecule has 0 fully saturated rings. The van der Waals surface area contributed by atoms with Crippen LogP contribution in [0.15, 0.2) is 30.3 Å². The van der Waals surface area contributed by atoms with Gasteiger partial charge in [-0.3, -0.25) is 4.57 Å². The average molecular weight is 258 g/mol. The summed E-state index contributed by atoms with van der Waals surface area (Å²) in [5.41, 5.74) is 1.14. The molecule has 0 radical (unpaired) electrons. The Hall–Kier alpha value is -1.68. The minimum Gasteiger partial charge on any atom is -0.315 e. The SMILES string of the molecule is Cc1nnc(CCCNC(C)C)n1-c1ccccc1. The van der Waals surface area contributed by atoms with Gasteiger partial charge in [-0.25, -0.2) is 0 Å². The van der Waals surface area contributed by atoms with Crippen LogP contribution < -0.4 is 5.32 Å². The molecule has 0 saturated heterocycles. The number of hydrogen-bond acceptors (Lipinski definition) is 3. The molecule has 0 aliphatic carbocycles. The Morgan fingerprint density at radius 2 is 1.89 bits per heavy atom. The third kappa shape index (κ3) is 3.64. The summed E-state index contributed by atoms with van der Waals surface area (Å²) in [5, 5.41) is 11.9. The maximum Gasteiger partial charge on any atom is 0.137 e. The molecule has 0 spiro atoms. The summed E-state index contributed by atoms with van der Waals surface area (Å²) in [6, 6.07) is 10.8. The first-order valence-electron chi connectivity index (χ1n) is 6.88. The van der Waals surface area contributed by atoms with Crippen LogP contribution in [0.25, 0.3) is 5.69 Å². The maximum atomic E-state index is 4.29. The number of rotatable bonds is 6. The van der Waals surface area contributed by atoms with E-state index in [1.165, 1.54) is 0 Å². The van der Waals surface area contributed by atoms with E-state index in [1.54, 1.807) is 0 Å². The van der Waals surface area contributed by atoms with Crippen LogP contribution in [0.3, 0.4) is 0 Å². The number of benzene rings is 1. The van der Waals surface area contributed by atoms with Gasteiger partial charge < -0.3 is 5.32 Å². The van der Waals surface area contributed by atoms with Crippen LogP contribution >= 0.6 is 0 Å². The van der Waals surface area contributed by atoms with Crippen molar-refractivity contribution in [2.75, 3.05) is 6.54 Å². The van der Waals surface area contributed by atoms with Crippen LogP contribution in [-0.4, -0.2) is 27.4 Å². The molecular formula is C15H22N4. The van der Waals surface area contributed by atoms with Crippen molar-refractivity contribution in [3.63, 3.8) is 0 Å². The molecule has 0 saturated carbocycles. The van der Waals surface area contributed by atoms with E-state index in [0.29, 0.717) is 6.04 Å². The third-order valence-corrected chi connectivity index (χ3v) is 3.04. The lowest BCUT2D eigenvalue weighted by Crippen LogP contribution is -2.24. The molecule has 0 unspecified atom stereocenters. The van der Waals surface area contributed by atoms with E-state index in [4.69, 9.17) is 0 Å². The Bertz CT molecular complexity index is 502. The summed E-state index contributed by atoms with van der Waals surface area (Å²) in [6.07, 6.45) is 2.01. The topological polar surface area (TPSA) is 42.7 Å². The van der Waals surface area contributed by atoms with E-state index in [0.717, 1.165) is 36.7 Å². The Kier molecular flexibility index (Phi) is 4.68. The molecule has 102 valence electrons. The second kappa shape index (κ2) is 6.48. The van der Waals surface area contributed by atoms with Gasteiger partial charge in [-0.2, -0.15) is 0 Å². The average Bonchev–Trinajstić information content (AvgIpc) is 2.77. The van der Waals surface area contributed by atoms with E-state index in [1.807, 2.05) is 25.1 Å². The van der Waals surface area contributed by atoms with Crippen molar-refractivity contribution >= 4 is 0 Å². The lowest BCUT2D eigenvalue weighted by Gasteiger charge is -2.10. The van der Waals surface area contributed by atoms with Crippen LogP contribution in [0.4, 0.5) is 0 Å². The third-order valence-electron chi connectivity index (χ3n) is 3.04. The fourth-order valence-electron chi connectivity index (χ4n) is 2.12. The Morgan fingerprint density at radius 1 is 1.16 bits per heavy atom. The lowest BCUT2D eigenvalue weighted by atomic mass is 10.2. The number of aryl methyl sites for hydroxylation is 2. The molecule has 2 rings (SSSR count). The van der Waals surface area contributed by atoms with Gasteiger partial charge in [0, 0.05) is 18.2 Å². The van der Waals surface area contributed by atoms with E-state index < -0.39 is 0 Å². The van der Waals surface area contributed by atoms with Gasteiger partial charge in [-0.1, -0.05) is 32.0 Å². The largest absolute Gasteiger partial charge is 0.315 e.